The molecule has 0 amide bonds. The number of nitrogens with one attached hydrogen (secondary N) is 1. The maximum Gasteiger partial charge on any atom is 0.128 e. The van der Waals surface area contributed by atoms with Gasteiger partial charge in [-0.05, 0) is 38.1 Å². The van der Waals surface area contributed by atoms with Gasteiger partial charge >= 0.3 is 0 Å². The number of hydrogen-bond donors (Lipinski definition) is 1. The molecule has 2 aromatic heterocycles. The Morgan fingerprint density at radius 1 is 1.28 bits per heavy atom. The van der Waals surface area contributed by atoms with Crippen LogP contribution in [-0.2, 0) is 4.74 Å². The van der Waals surface area contributed by atoms with E-state index in [2.05, 4.69) is 10.3 Å². The molecule has 0 aliphatic rings. The van der Waals surface area contributed by atoms with Crippen molar-refractivity contribution in [2.45, 2.75) is 19.9 Å². The van der Waals surface area contributed by atoms with E-state index >= 15 is 0 Å². The van der Waals surface area contributed by atoms with Crippen LogP contribution in [0.3, 0.4) is 0 Å². The van der Waals surface area contributed by atoms with Crippen LogP contribution < -0.4 is 5.32 Å². The molecule has 0 bridgehead atoms. The van der Waals surface area contributed by atoms with Gasteiger partial charge in [0.1, 0.15) is 23.4 Å². The Bertz CT molecular complexity index is 508. The highest BCUT2D eigenvalue weighted by Gasteiger charge is 2.15. The van der Waals surface area contributed by atoms with Crippen LogP contribution in [0.2, 0.25) is 0 Å². The van der Waals surface area contributed by atoms with Crippen molar-refractivity contribution < 1.29 is 9.15 Å². The Kier molecular flexibility index (Phi) is 3.99. The fraction of sp³-hybridized carbons (Fsp3) is 0.357. The lowest BCUT2D eigenvalue weighted by molar-refractivity contribution is 0.178. The first-order valence-electron chi connectivity index (χ1n) is 5.94. The number of ether oxygens (including phenoxy) is 1. The number of pyridine rings is 1. The molecule has 0 saturated carbocycles. The summed E-state index contributed by atoms with van der Waals surface area (Å²) in [5, 5.41) is 3.32. The molecule has 2 rings (SSSR count). The number of aromatic nitrogens is 1. The summed E-state index contributed by atoms with van der Waals surface area (Å²) >= 11 is 0. The molecule has 2 aromatic rings. The summed E-state index contributed by atoms with van der Waals surface area (Å²) in [7, 11) is 1.67. The SMILES string of the molecule is COCC(Nc1cccc(C)n1)c1ccc(C)o1. The van der Waals surface area contributed by atoms with E-state index in [1.54, 1.807) is 7.11 Å². The number of methoxy groups -OCH3 is 1. The fourth-order valence-corrected chi connectivity index (χ4v) is 1.80. The van der Waals surface area contributed by atoms with E-state index in [9.17, 15) is 0 Å². The van der Waals surface area contributed by atoms with Crippen LogP contribution in [0.15, 0.2) is 34.7 Å². The van der Waals surface area contributed by atoms with Crippen molar-refractivity contribution in [3.05, 3.63) is 47.5 Å². The number of aryl methyl sites for hydroxylation is 2. The van der Waals surface area contributed by atoms with Gasteiger partial charge in [0.25, 0.3) is 0 Å². The van der Waals surface area contributed by atoms with Gasteiger partial charge in [0.15, 0.2) is 0 Å². The Morgan fingerprint density at radius 3 is 2.72 bits per heavy atom. The molecule has 0 spiro atoms. The van der Waals surface area contributed by atoms with Crippen LogP contribution >= 0.6 is 0 Å². The predicted molar refractivity (Wildman–Crippen MR) is 70.7 cm³/mol. The van der Waals surface area contributed by atoms with Gasteiger partial charge in [0.2, 0.25) is 0 Å². The summed E-state index contributed by atoms with van der Waals surface area (Å²) in [4.78, 5) is 4.42. The minimum absolute atomic E-state index is 0.0296. The summed E-state index contributed by atoms with van der Waals surface area (Å²) in [5.41, 5.74) is 0.979. The molecule has 0 radical (unpaired) electrons. The van der Waals surface area contributed by atoms with E-state index in [1.165, 1.54) is 0 Å². The van der Waals surface area contributed by atoms with Gasteiger partial charge in [-0.15, -0.1) is 0 Å². The highest BCUT2D eigenvalue weighted by atomic mass is 16.5. The molecule has 2 heterocycles. The third-order valence-electron chi connectivity index (χ3n) is 2.65. The normalized spacial score (nSPS) is 12.4. The van der Waals surface area contributed by atoms with Crippen molar-refractivity contribution >= 4 is 5.82 Å². The molecule has 0 aliphatic carbocycles. The highest BCUT2D eigenvalue weighted by molar-refractivity contribution is 5.37. The molecule has 4 heteroatoms. The molecule has 96 valence electrons. The molecule has 0 fully saturated rings. The van der Waals surface area contributed by atoms with Crippen LogP contribution in [-0.4, -0.2) is 18.7 Å². The second-order valence-electron chi connectivity index (χ2n) is 4.26. The zero-order valence-corrected chi connectivity index (χ0v) is 10.9. The van der Waals surface area contributed by atoms with Crippen molar-refractivity contribution in [2.75, 3.05) is 19.0 Å². The summed E-state index contributed by atoms with van der Waals surface area (Å²) in [6.07, 6.45) is 0. The number of nitrogens with zero attached hydrogens (tertiary/aromatic N) is 1. The maximum absolute atomic E-state index is 5.63. The molecule has 0 saturated heterocycles. The van der Waals surface area contributed by atoms with Crippen molar-refractivity contribution in [1.29, 1.82) is 0 Å². The Labute approximate surface area is 107 Å². The maximum atomic E-state index is 5.63. The van der Waals surface area contributed by atoms with Crippen LogP contribution in [0, 0.1) is 13.8 Å². The number of furan rings is 1. The van der Waals surface area contributed by atoms with Gasteiger partial charge in [0.05, 0.1) is 6.61 Å². The Hall–Kier alpha value is -1.81. The first-order valence-corrected chi connectivity index (χ1v) is 5.94. The average Bonchev–Trinajstić information content (AvgIpc) is 2.75. The molecular weight excluding hydrogens is 228 g/mol. The zero-order valence-electron chi connectivity index (χ0n) is 10.9. The van der Waals surface area contributed by atoms with Crippen molar-refractivity contribution in [3.8, 4) is 0 Å². The highest BCUT2D eigenvalue weighted by Crippen LogP contribution is 2.21. The first kappa shape index (κ1) is 12.6. The minimum Gasteiger partial charge on any atom is -0.464 e. The van der Waals surface area contributed by atoms with Gasteiger partial charge in [-0.1, -0.05) is 6.07 Å². The molecular formula is C14H18N2O2. The predicted octanol–water partition coefficient (Wildman–Crippen LogP) is 3.09. The molecule has 1 N–H and O–H groups in total. The first-order chi connectivity index (χ1) is 8.69. The van der Waals surface area contributed by atoms with E-state index in [0.29, 0.717) is 6.61 Å². The second-order valence-corrected chi connectivity index (χ2v) is 4.26. The summed E-state index contributed by atoms with van der Waals surface area (Å²) in [5.74, 6) is 2.58. The summed E-state index contributed by atoms with van der Waals surface area (Å²) in [6, 6.07) is 9.75. The van der Waals surface area contributed by atoms with Crippen LogP contribution in [0.1, 0.15) is 23.3 Å². The lowest BCUT2D eigenvalue weighted by Gasteiger charge is -2.16. The average molecular weight is 246 g/mol. The van der Waals surface area contributed by atoms with E-state index in [0.717, 1.165) is 23.0 Å². The molecule has 4 nitrogen and oxygen atoms in total. The van der Waals surface area contributed by atoms with E-state index in [4.69, 9.17) is 9.15 Å². The number of anilines is 1. The van der Waals surface area contributed by atoms with Crippen LogP contribution in [0.5, 0.6) is 0 Å². The summed E-state index contributed by atoms with van der Waals surface area (Å²) in [6.45, 7) is 4.43. The monoisotopic (exact) mass is 246 g/mol. The van der Waals surface area contributed by atoms with E-state index in [-0.39, 0.29) is 6.04 Å². The quantitative estimate of drug-likeness (QED) is 0.880. The topological polar surface area (TPSA) is 47.3 Å². The molecule has 0 aliphatic heterocycles. The number of hydrogen-bond acceptors (Lipinski definition) is 4. The molecule has 1 unspecified atom stereocenters. The Morgan fingerprint density at radius 2 is 2.11 bits per heavy atom. The van der Waals surface area contributed by atoms with E-state index in [1.807, 2.05) is 44.2 Å². The van der Waals surface area contributed by atoms with Crippen molar-refractivity contribution in [3.63, 3.8) is 0 Å². The largest absolute Gasteiger partial charge is 0.464 e. The van der Waals surface area contributed by atoms with E-state index < -0.39 is 0 Å². The lowest BCUT2D eigenvalue weighted by atomic mass is 10.2. The molecule has 0 aromatic carbocycles. The van der Waals surface area contributed by atoms with Gasteiger partial charge in [0, 0.05) is 12.8 Å². The van der Waals surface area contributed by atoms with Crippen LogP contribution in [0.25, 0.3) is 0 Å². The van der Waals surface area contributed by atoms with Gasteiger partial charge in [-0.25, -0.2) is 4.98 Å². The van der Waals surface area contributed by atoms with Crippen molar-refractivity contribution in [2.24, 2.45) is 0 Å². The van der Waals surface area contributed by atoms with Gasteiger partial charge < -0.3 is 14.5 Å². The molecule has 18 heavy (non-hydrogen) atoms. The fourth-order valence-electron chi connectivity index (χ4n) is 1.80. The summed E-state index contributed by atoms with van der Waals surface area (Å²) < 4.78 is 10.9. The van der Waals surface area contributed by atoms with Gasteiger partial charge in [-0.3, -0.25) is 0 Å². The molecule has 1 atom stereocenters. The lowest BCUT2D eigenvalue weighted by Crippen LogP contribution is -2.16. The number of rotatable bonds is 5. The van der Waals surface area contributed by atoms with Crippen LogP contribution in [0.4, 0.5) is 5.82 Å². The standard InChI is InChI=1S/C14H18N2O2/c1-10-5-4-6-14(15-10)16-12(9-17-3)13-8-7-11(2)18-13/h4-8,12H,9H2,1-3H3,(H,15,16). The van der Waals surface area contributed by atoms with Crippen molar-refractivity contribution in [1.82, 2.24) is 4.98 Å². The smallest absolute Gasteiger partial charge is 0.128 e. The third-order valence-corrected chi connectivity index (χ3v) is 2.65. The Balaban J connectivity index is 2.16. The van der Waals surface area contributed by atoms with Gasteiger partial charge in [-0.2, -0.15) is 0 Å². The second kappa shape index (κ2) is 5.69. The third kappa shape index (κ3) is 3.11. The zero-order chi connectivity index (χ0) is 13.0. The minimum atomic E-state index is -0.0296.